The van der Waals surface area contributed by atoms with Gasteiger partial charge in [-0.15, -0.1) is 0 Å². The predicted octanol–water partition coefficient (Wildman–Crippen LogP) is 6.07. The molecule has 0 atom stereocenters. The van der Waals surface area contributed by atoms with E-state index >= 15 is 0 Å². The van der Waals surface area contributed by atoms with Gasteiger partial charge in [-0.1, -0.05) is 59.1 Å². The third kappa shape index (κ3) is 4.71. The molecule has 28 heavy (non-hydrogen) atoms. The van der Waals surface area contributed by atoms with Crippen molar-refractivity contribution in [2.75, 3.05) is 6.61 Å². The largest absolute Gasteiger partial charge is 0.507 e. The number of phenolic OH excluding ortho intramolecular Hbond substituents is 1. The minimum absolute atomic E-state index is 0.117. The number of carbonyl (C=O) groups is 1. The highest BCUT2D eigenvalue weighted by Gasteiger charge is 2.14. The smallest absolute Gasteiger partial charge is 0.341 e. The first-order valence-corrected chi connectivity index (χ1v) is 9.38. The van der Waals surface area contributed by atoms with Crippen molar-refractivity contribution in [3.63, 3.8) is 0 Å². The molecular weight excluding hydrogens is 423 g/mol. The molecule has 0 amide bonds. The Morgan fingerprint density at radius 2 is 1.57 bits per heavy atom. The maximum Gasteiger partial charge on any atom is 0.341 e. The lowest BCUT2D eigenvalue weighted by molar-refractivity contribution is -0.139. The van der Waals surface area contributed by atoms with E-state index in [2.05, 4.69) is 0 Å². The fraction of sp³-hybridized carbons (Fsp3) is 0.0952. The highest BCUT2D eigenvalue weighted by molar-refractivity contribution is 6.36. The van der Waals surface area contributed by atoms with Crippen molar-refractivity contribution >= 4 is 40.8 Å². The van der Waals surface area contributed by atoms with Crippen LogP contribution in [0.3, 0.4) is 0 Å². The first kappa shape index (κ1) is 20.3. The summed E-state index contributed by atoms with van der Waals surface area (Å²) in [4.78, 5) is 10.6. The zero-order chi connectivity index (χ0) is 20.3. The molecule has 0 aromatic heterocycles. The van der Waals surface area contributed by atoms with E-state index in [9.17, 15) is 9.90 Å². The van der Waals surface area contributed by atoms with Crippen molar-refractivity contribution in [1.82, 2.24) is 0 Å². The summed E-state index contributed by atoms with van der Waals surface area (Å²) in [7, 11) is 0. The van der Waals surface area contributed by atoms with E-state index in [1.807, 2.05) is 24.3 Å². The van der Waals surface area contributed by atoms with Crippen molar-refractivity contribution in [2.45, 2.75) is 6.42 Å². The molecule has 0 aliphatic carbocycles. The second-order valence-corrected chi connectivity index (χ2v) is 7.28. The van der Waals surface area contributed by atoms with Gasteiger partial charge in [-0.2, -0.15) is 0 Å². The molecule has 0 aliphatic heterocycles. The summed E-state index contributed by atoms with van der Waals surface area (Å²) < 4.78 is 5.12. The van der Waals surface area contributed by atoms with E-state index in [1.54, 1.807) is 18.2 Å². The molecule has 0 spiro atoms. The maximum absolute atomic E-state index is 10.6. The van der Waals surface area contributed by atoms with Crippen molar-refractivity contribution in [1.29, 1.82) is 0 Å². The minimum Gasteiger partial charge on any atom is -0.507 e. The molecular formula is C21H15Cl3O4. The van der Waals surface area contributed by atoms with Gasteiger partial charge in [0.2, 0.25) is 0 Å². The Bertz CT molecular complexity index is 1010. The molecule has 0 radical (unpaired) electrons. The first-order chi connectivity index (χ1) is 13.3. The highest BCUT2D eigenvalue weighted by Crippen LogP contribution is 2.37. The van der Waals surface area contributed by atoms with E-state index in [-0.39, 0.29) is 11.5 Å². The van der Waals surface area contributed by atoms with Crippen LogP contribution in [0.2, 0.25) is 15.1 Å². The van der Waals surface area contributed by atoms with Gasteiger partial charge in [0.15, 0.2) is 6.61 Å². The second-order valence-electron chi connectivity index (χ2n) is 6.06. The van der Waals surface area contributed by atoms with Gasteiger partial charge >= 0.3 is 5.97 Å². The molecule has 4 nitrogen and oxygen atoms in total. The zero-order valence-corrected chi connectivity index (χ0v) is 16.7. The first-order valence-electron chi connectivity index (χ1n) is 8.24. The van der Waals surface area contributed by atoms with E-state index in [0.29, 0.717) is 32.6 Å². The average molecular weight is 438 g/mol. The number of halogens is 3. The third-order valence-corrected chi connectivity index (χ3v) is 5.09. The summed E-state index contributed by atoms with van der Waals surface area (Å²) in [5.74, 6) is -0.692. The summed E-state index contributed by atoms with van der Waals surface area (Å²) in [6.07, 6.45) is 0.411. The second kappa shape index (κ2) is 8.74. The maximum atomic E-state index is 10.6. The van der Waals surface area contributed by atoms with E-state index in [1.165, 1.54) is 12.1 Å². The van der Waals surface area contributed by atoms with Gasteiger partial charge in [-0.05, 0) is 41.5 Å². The van der Waals surface area contributed by atoms with E-state index in [0.717, 1.165) is 11.1 Å². The number of aromatic hydroxyl groups is 1. The Hall–Kier alpha value is -2.40. The number of carboxylic acids is 1. The topological polar surface area (TPSA) is 66.8 Å². The van der Waals surface area contributed by atoms with Gasteiger partial charge in [-0.3, -0.25) is 0 Å². The molecule has 3 rings (SSSR count). The molecule has 0 unspecified atom stereocenters. The van der Waals surface area contributed by atoms with Crippen LogP contribution in [0.15, 0.2) is 54.6 Å². The molecule has 7 heteroatoms. The molecule has 2 N–H and O–H groups in total. The van der Waals surface area contributed by atoms with Gasteiger partial charge in [0.25, 0.3) is 0 Å². The Kier molecular flexibility index (Phi) is 6.35. The number of benzene rings is 3. The van der Waals surface area contributed by atoms with Crippen LogP contribution >= 0.6 is 34.8 Å². The van der Waals surface area contributed by atoms with Crippen LogP contribution < -0.4 is 4.74 Å². The van der Waals surface area contributed by atoms with Crippen LogP contribution in [0.5, 0.6) is 11.5 Å². The lowest BCUT2D eigenvalue weighted by Gasteiger charge is -2.13. The fourth-order valence-electron chi connectivity index (χ4n) is 2.77. The van der Waals surface area contributed by atoms with Crippen molar-refractivity contribution < 1.29 is 19.7 Å². The van der Waals surface area contributed by atoms with Gasteiger partial charge in [0, 0.05) is 32.6 Å². The lowest BCUT2D eigenvalue weighted by atomic mass is 9.98. The third-order valence-electron chi connectivity index (χ3n) is 4.08. The SMILES string of the molecule is O=C(O)COc1cc(Cl)c(Cc2ccc(O)c(-c3ccccc3Cl)c2)c(Cl)c1. The zero-order valence-electron chi connectivity index (χ0n) is 14.5. The van der Waals surface area contributed by atoms with Gasteiger partial charge < -0.3 is 14.9 Å². The molecule has 0 saturated heterocycles. The van der Waals surface area contributed by atoms with Crippen LogP contribution in [0.1, 0.15) is 11.1 Å². The molecule has 144 valence electrons. The number of hydrogen-bond donors (Lipinski definition) is 2. The normalized spacial score (nSPS) is 10.7. The van der Waals surface area contributed by atoms with Crippen LogP contribution in [0.25, 0.3) is 11.1 Å². The molecule has 0 bridgehead atoms. The Morgan fingerprint density at radius 1 is 0.893 bits per heavy atom. The summed E-state index contributed by atoms with van der Waals surface area (Å²) in [5.41, 5.74) is 2.87. The van der Waals surface area contributed by atoms with Crippen molar-refractivity contribution in [3.8, 4) is 22.6 Å². The summed E-state index contributed by atoms with van der Waals surface area (Å²) in [5, 5.41) is 20.2. The minimum atomic E-state index is -1.09. The van der Waals surface area contributed by atoms with Crippen LogP contribution in [0, 0.1) is 0 Å². The van der Waals surface area contributed by atoms with Gasteiger partial charge in [0.05, 0.1) is 0 Å². The number of carboxylic acid groups (broad SMARTS) is 1. The fourth-order valence-corrected chi connectivity index (χ4v) is 3.61. The number of aliphatic carboxylic acids is 1. The summed E-state index contributed by atoms with van der Waals surface area (Å²) in [6, 6.07) is 15.5. The monoisotopic (exact) mass is 436 g/mol. The molecule has 3 aromatic carbocycles. The molecule has 0 fully saturated rings. The molecule has 0 aliphatic rings. The summed E-state index contributed by atoms with van der Waals surface area (Å²) >= 11 is 18.9. The number of ether oxygens (including phenoxy) is 1. The van der Waals surface area contributed by atoms with Crippen LogP contribution in [-0.4, -0.2) is 22.8 Å². The Morgan fingerprint density at radius 3 is 2.21 bits per heavy atom. The molecule has 3 aromatic rings. The van der Waals surface area contributed by atoms with Crippen LogP contribution in [-0.2, 0) is 11.2 Å². The van der Waals surface area contributed by atoms with Crippen LogP contribution in [0.4, 0.5) is 0 Å². The predicted molar refractivity (Wildman–Crippen MR) is 111 cm³/mol. The van der Waals surface area contributed by atoms with E-state index in [4.69, 9.17) is 44.6 Å². The van der Waals surface area contributed by atoms with E-state index < -0.39 is 12.6 Å². The van der Waals surface area contributed by atoms with Gasteiger partial charge in [0.1, 0.15) is 11.5 Å². The van der Waals surface area contributed by atoms with Crippen molar-refractivity contribution in [2.24, 2.45) is 0 Å². The number of rotatable bonds is 6. The Balaban J connectivity index is 1.91. The quantitative estimate of drug-likeness (QED) is 0.491. The number of hydrogen-bond acceptors (Lipinski definition) is 3. The number of phenols is 1. The standard InChI is InChI=1S/C21H15Cl3O4/c22-17-4-2-1-3-14(17)15-7-12(5-6-20(15)25)8-16-18(23)9-13(10-19(16)24)28-11-21(26)27/h1-7,9-10,25H,8,11H2,(H,26,27). The summed E-state index contributed by atoms with van der Waals surface area (Å²) in [6.45, 7) is -0.481. The average Bonchev–Trinajstić information content (AvgIpc) is 2.65. The highest BCUT2D eigenvalue weighted by atomic mass is 35.5. The lowest BCUT2D eigenvalue weighted by Crippen LogP contribution is -2.09. The van der Waals surface area contributed by atoms with Gasteiger partial charge in [-0.25, -0.2) is 4.79 Å². The van der Waals surface area contributed by atoms with Crippen molar-refractivity contribution in [3.05, 3.63) is 80.8 Å². The molecule has 0 heterocycles. The Labute approximate surface area is 176 Å². The molecule has 0 saturated carbocycles.